The number of aryl methyl sites for hydroxylation is 1. The molecule has 19 heavy (non-hydrogen) atoms. The van der Waals surface area contributed by atoms with E-state index in [0.29, 0.717) is 5.69 Å². The monoisotopic (exact) mass is 321 g/mol. The quantitative estimate of drug-likeness (QED) is 0.843. The van der Waals surface area contributed by atoms with E-state index in [4.69, 9.17) is 5.26 Å². The molecule has 0 spiro atoms. The number of rotatable bonds is 2. The second-order valence-corrected chi connectivity index (χ2v) is 5.08. The topological polar surface area (TPSA) is 41.6 Å². The first kappa shape index (κ1) is 13.8. The van der Waals surface area contributed by atoms with Crippen molar-refractivity contribution in [2.75, 3.05) is 0 Å². The van der Waals surface area contributed by atoms with Crippen LogP contribution in [0, 0.1) is 31.0 Å². The van der Waals surface area contributed by atoms with Crippen LogP contribution in [0.15, 0.2) is 16.6 Å². The Kier molecular flexibility index (Phi) is 3.72. The van der Waals surface area contributed by atoms with E-state index in [1.807, 2.05) is 26.8 Å². The SMILES string of the molecule is CCc1c(C)nn(-c2ccc(C#N)c(Br)c2F)c1C. The first-order valence-corrected chi connectivity index (χ1v) is 6.74. The van der Waals surface area contributed by atoms with Crippen LogP contribution in [0.5, 0.6) is 0 Å². The Labute approximate surface area is 119 Å². The summed E-state index contributed by atoms with van der Waals surface area (Å²) in [5, 5.41) is 13.3. The first-order chi connectivity index (χ1) is 9.01. The lowest BCUT2D eigenvalue weighted by atomic mass is 10.1. The second kappa shape index (κ2) is 5.14. The summed E-state index contributed by atoms with van der Waals surface area (Å²) in [4.78, 5) is 0. The van der Waals surface area contributed by atoms with Crippen molar-refractivity contribution in [3.8, 4) is 11.8 Å². The van der Waals surface area contributed by atoms with Crippen LogP contribution < -0.4 is 0 Å². The maximum Gasteiger partial charge on any atom is 0.164 e. The molecule has 5 heteroatoms. The fourth-order valence-electron chi connectivity index (χ4n) is 2.21. The van der Waals surface area contributed by atoms with Gasteiger partial charge in [0, 0.05) is 5.69 Å². The Balaban J connectivity index is 2.67. The Morgan fingerprint density at radius 3 is 2.63 bits per heavy atom. The molecule has 1 aromatic carbocycles. The summed E-state index contributed by atoms with van der Waals surface area (Å²) in [7, 11) is 0. The molecule has 0 bridgehead atoms. The zero-order valence-corrected chi connectivity index (χ0v) is 12.5. The number of nitriles is 1. The smallest absolute Gasteiger partial charge is 0.164 e. The molecule has 0 saturated carbocycles. The van der Waals surface area contributed by atoms with Gasteiger partial charge in [0.25, 0.3) is 0 Å². The van der Waals surface area contributed by atoms with Gasteiger partial charge in [-0.25, -0.2) is 9.07 Å². The lowest BCUT2D eigenvalue weighted by Gasteiger charge is -2.08. The number of hydrogen-bond donors (Lipinski definition) is 0. The highest BCUT2D eigenvalue weighted by atomic mass is 79.9. The highest BCUT2D eigenvalue weighted by molar-refractivity contribution is 9.10. The summed E-state index contributed by atoms with van der Waals surface area (Å²) in [6.45, 7) is 5.88. The van der Waals surface area contributed by atoms with Crippen molar-refractivity contribution in [1.82, 2.24) is 9.78 Å². The van der Waals surface area contributed by atoms with Crippen LogP contribution >= 0.6 is 15.9 Å². The lowest BCUT2D eigenvalue weighted by Crippen LogP contribution is -2.04. The largest absolute Gasteiger partial charge is 0.235 e. The fourth-order valence-corrected chi connectivity index (χ4v) is 2.63. The van der Waals surface area contributed by atoms with Crippen LogP contribution in [0.1, 0.15) is 29.4 Å². The van der Waals surface area contributed by atoms with Gasteiger partial charge in [0.1, 0.15) is 11.8 Å². The number of aromatic nitrogens is 2. The standard InChI is InChI=1S/C14H13BrFN3/c1-4-11-8(2)18-19(9(11)3)12-6-5-10(7-17)13(15)14(12)16/h5-6H,4H2,1-3H3. The number of halogens is 2. The van der Waals surface area contributed by atoms with Crippen molar-refractivity contribution >= 4 is 15.9 Å². The van der Waals surface area contributed by atoms with E-state index in [1.54, 1.807) is 16.8 Å². The van der Waals surface area contributed by atoms with E-state index < -0.39 is 5.82 Å². The van der Waals surface area contributed by atoms with Gasteiger partial charge >= 0.3 is 0 Å². The first-order valence-electron chi connectivity index (χ1n) is 5.94. The number of hydrogen-bond acceptors (Lipinski definition) is 2. The summed E-state index contributed by atoms with van der Waals surface area (Å²) >= 11 is 3.12. The molecule has 0 aliphatic carbocycles. The Morgan fingerprint density at radius 2 is 2.11 bits per heavy atom. The van der Waals surface area contributed by atoms with Crippen LogP contribution in [-0.2, 0) is 6.42 Å². The summed E-state index contributed by atoms with van der Waals surface area (Å²) in [6, 6.07) is 5.11. The van der Waals surface area contributed by atoms with Gasteiger partial charge in [0.2, 0.25) is 0 Å². The maximum absolute atomic E-state index is 14.3. The molecule has 0 saturated heterocycles. The van der Waals surface area contributed by atoms with Crippen LogP contribution in [0.2, 0.25) is 0 Å². The molecule has 2 rings (SSSR count). The summed E-state index contributed by atoms with van der Waals surface area (Å²) in [5.74, 6) is -0.465. The fraction of sp³-hybridized carbons (Fsp3) is 0.286. The van der Waals surface area contributed by atoms with Crippen molar-refractivity contribution < 1.29 is 4.39 Å². The van der Waals surface area contributed by atoms with Crippen molar-refractivity contribution in [3.63, 3.8) is 0 Å². The lowest BCUT2D eigenvalue weighted by molar-refractivity contribution is 0.601. The third-order valence-corrected chi connectivity index (χ3v) is 3.98. The van der Waals surface area contributed by atoms with Gasteiger partial charge in [-0.1, -0.05) is 6.92 Å². The van der Waals surface area contributed by atoms with Crippen LogP contribution in [-0.4, -0.2) is 9.78 Å². The normalized spacial score (nSPS) is 10.5. The molecule has 3 nitrogen and oxygen atoms in total. The average Bonchev–Trinajstić information content (AvgIpc) is 2.67. The molecular formula is C14H13BrFN3. The molecule has 0 aliphatic rings. The van der Waals surface area contributed by atoms with Crippen molar-refractivity contribution in [3.05, 3.63) is 44.9 Å². The van der Waals surface area contributed by atoms with E-state index in [2.05, 4.69) is 21.0 Å². The van der Waals surface area contributed by atoms with Gasteiger partial charge in [0.05, 0.1) is 15.7 Å². The van der Waals surface area contributed by atoms with Gasteiger partial charge in [-0.05, 0) is 53.9 Å². The van der Waals surface area contributed by atoms with Crippen molar-refractivity contribution in [2.45, 2.75) is 27.2 Å². The molecule has 1 heterocycles. The summed E-state index contributed by atoms with van der Waals surface area (Å²) < 4.78 is 16.1. The molecule has 0 unspecified atom stereocenters. The molecule has 0 amide bonds. The molecule has 1 aromatic heterocycles. The van der Waals surface area contributed by atoms with Gasteiger partial charge in [-0.15, -0.1) is 0 Å². The van der Waals surface area contributed by atoms with Gasteiger partial charge in [-0.2, -0.15) is 10.4 Å². The number of nitrogens with zero attached hydrogens (tertiary/aromatic N) is 3. The van der Waals surface area contributed by atoms with Crippen LogP contribution in [0.25, 0.3) is 5.69 Å². The predicted octanol–water partition coefficient (Wildman–Crippen LogP) is 3.82. The van der Waals surface area contributed by atoms with Gasteiger partial charge < -0.3 is 0 Å². The maximum atomic E-state index is 14.3. The van der Waals surface area contributed by atoms with E-state index >= 15 is 0 Å². The van der Waals surface area contributed by atoms with E-state index in [-0.39, 0.29) is 10.0 Å². The summed E-state index contributed by atoms with van der Waals surface area (Å²) in [6.07, 6.45) is 0.858. The minimum atomic E-state index is -0.465. The predicted molar refractivity (Wildman–Crippen MR) is 74.8 cm³/mol. The van der Waals surface area contributed by atoms with Crippen LogP contribution in [0.3, 0.4) is 0 Å². The van der Waals surface area contributed by atoms with Gasteiger partial charge in [-0.3, -0.25) is 0 Å². The van der Waals surface area contributed by atoms with E-state index in [0.717, 1.165) is 23.4 Å². The molecule has 98 valence electrons. The van der Waals surface area contributed by atoms with E-state index in [9.17, 15) is 4.39 Å². The third-order valence-electron chi connectivity index (χ3n) is 3.21. The average molecular weight is 322 g/mol. The Bertz CT molecular complexity index is 683. The minimum absolute atomic E-state index is 0.179. The zero-order chi connectivity index (χ0) is 14.2. The number of benzene rings is 1. The van der Waals surface area contributed by atoms with Crippen molar-refractivity contribution in [2.24, 2.45) is 0 Å². The van der Waals surface area contributed by atoms with Crippen molar-refractivity contribution in [1.29, 1.82) is 5.26 Å². The molecule has 0 fully saturated rings. The highest BCUT2D eigenvalue weighted by Gasteiger charge is 2.17. The molecule has 2 aromatic rings. The summed E-state index contributed by atoms with van der Waals surface area (Å²) in [5.41, 5.74) is 3.58. The van der Waals surface area contributed by atoms with E-state index in [1.165, 1.54) is 0 Å². The Morgan fingerprint density at radius 1 is 1.42 bits per heavy atom. The minimum Gasteiger partial charge on any atom is -0.235 e. The van der Waals surface area contributed by atoms with Gasteiger partial charge in [0.15, 0.2) is 5.82 Å². The molecule has 0 radical (unpaired) electrons. The highest BCUT2D eigenvalue weighted by Crippen LogP contribution is 2.27. The third kappa shape index (κ3) is 2.17. The molecule has 0 atom stereocenters. The molecular weight excluding hydrogens is 309 g/mol. The van der Waals surface area contributed by atoms with Crippen LogP contribution in [0.4, 0.5) is 4.39 Å². The Hall–Kier alpha value is -1.67. The zero-order valence-electron chi connectivity index (χ0n) is 11.0. The second-order valence-electron chi connectivity index (χ2n) is 4.29. The molecule has 0 N–H and O–H groups in total. The molecule has 0 aliphatic heterocycles.